The van der Waals surface area contributed by atoms with E-state index in [0.29, 0.717) is 11.3 Å². The van der Waals surface area contributed by atoms with Gasteiger partial charge in [-0.1, -0.05) is 20.3 Å². The van der Waals surface area contributed by atoms with Crippen molar-refractivity contribution in [2.45, 2.75) is 46.0 Å². The molecule has 64 valence electrons. The SMILES string of the molecule is CC1(C)CCCC(CC=O)C1. The molecule has 0 aromatic heterocycles. The molecule has 0 amide bonds. The van der Waals surface area contributed by atoms with Gasteiger partial charge in [0.25, 0.3) is 0 Å². The second-order valence-electron chi connectivity index (χ2n) is 4.53. The highest BCUT2D eigenvalue weighted by atomic mass is 16.1. The van der Waals surface area contributed by atoms with Crippen LogP contribution in [0.2, 0.25) is 0 Å². The molecule has 1 saturated carbocycles. The molecule has 1 atom stereocenters. The lowest BCUT2D eigenvalue weighted by atomic mass is 9.71. The fourth-order valence-electron chi connectivity index (χ4n) is 2.19. The lowest BCUT2D eigenvalue weighted by Gasteiger charge is -2.34. The third-order valence-electron chi connectivity index (χ3n) is 2.74. The highest BCUT2D eigenvalue weighted by Gasteiger charge is 2.27. The van der Waals surface area contributed by atoms with E-state index in [4.69, 9.17) is 0 Å². The van der Waals surface area contributed by atoms with Crippen LogP contribution < -0.4 is 0 Å². The summed E-state index contributed by atoms with van der Waals surface area (Å²) in [7, 11) is 0. The fraction of sp³-hybridized carbons (Fsp3) is 0.900. The summed E-state index contributed by atoms with van der Waals surface area (Å²) in [6.45, 7) is 4.62. The van der Waals surface area contributed by atoms with Crippen LogP contribution in [-0.2, 0) is 4.79 Å². The van der Waals surface area contributed by atoms with Gasteiger partial charge in [0.05, 0.1) is 0 Å². The van der Waals surface area contributed by atoms with Gasteiger partial charge in [-0.15, -0.1) is 0 Å². The Morgan fingerprint density at radius 2 is 2.27 bits per heavy atom. The third-order valence-corrected chi connectivity index (χ3v) is 2.74. The maximum Gasteiger partial charge on any atom is 0.120 e. The van der Waals surface area contributed by atoms with Crippen molar-refractivity contribution in [2.24, 2.45) is 11.3 Å². The number of hydrogen-bond donors (Lipinski definition) is 0. The van der Waals surface area contributed by atoms with Crippen LogP contribution in [-0.4, -0.2) is 6.29 Å². The molecule has 0 aromatic rings. The minimum absolute atomic E-state index is 0.492. The number of carbonyl (C=O) groups excluding carboxylic acids is 1. The minimum Gasteiger partial charge on any atom is -0.303 e. The average Bonchev–Trinajstić information content (AvgIpc) is 1.85. The van der Waals surface area contributed by atoms with Gasteiger partial charge >= 0.3 is 0 Å². The van der Waals surface area contributed by atoms with E-state index in [2.05, 4.69) is 13.8 Å². The van der Waals surface area contributed by atoms with Crippen molar-refractivity contribution in [1.82, 2.24) is 0 Å². The lowest BCUT2D eigenvalue weighted by molar-refractivity contribution is -0.109. The maximum absolute atomic E-state index is 10.3. The largest absolute Gasteiger partial charge is 0.303 e. The maximum atomic E-state index is 10.3. The van der Waals surface area contributed by atoms with E-state index in [1.54, 1.807) is 0 Å². The van der Waals surface area contributed by atoms with Crippen LogP contribution in [0.3, 0.4) is 0 Å². The Kier molecular flexibility index (Phi) is 2.69. The van der Waals surface area contributed by atoms with Gasteiger partial charge in [0, 0.05) is 6.42 Å². The minimum atomic E-state index is 0.492. The quantitative estimate of drug-likeness (QED) is 0.559. The normalized spacial score (nSPS) is 29.8. The molecule has 0 bridgehead atoms. The van der Waals surface area contributed by atoms with Gasteiger partial charge in [-0.3, -0.25) is 0 Å². The summed E-state index contributed by atoms with van der Waals surface area (Å²) in [5.41, 5.74) is 0.492. The summed E-state index contributed by atoms with van der Waals surface area (Å²) in [6, 6.07) is 0. The van der Waals surface area contributed by atoms with Gasteiger partial charge in [0.2, 0.25) is 0 Å². The summed E-state index contributed by atoms with van der Waals surface area (Å²) in [5, 5.41) is 0. The number of aldehydes is 1. The molecule has 1 fully saturated rings. The zero-order chi connectivity index (χ0) is 8.32. The Balaban J connectivity index is 2.39. The second kappa shape index (κ2) is 3.38. The van der Waals surface area contributed by atoms with E-state index in [1.807, 2.05) is 0 Å². The van der Waals surface area contributed by atoms with E-state index in [9.17, 15) is 4.79 Å². The molecule has 0 aromatic carbocycles. The zero-order valence-corrected chi connectivity index (χ0v) is 7.60. The van der Waals surface area contributed by atoms with E-state index < -0.39 is 0 Å². The molecule has 0 N–H and O–H groups in total. The first-order chi connectivity index (χ1) is 5.14. The van der Waals surface area contributed by atoms with Crippen molar-refractivity contribution in [1.29, 1.82) is 0 Å². The monoisotopic (exact) mass is 154 g/mol. The van der Waals surface area contributed by atoms with Crippen molar-refractivity contribution < 1.29 is 4.79 Å². The summed E-state index contributed by atoms with van der Waals surface area (Å²) < 4.78 is 0. The predicted octanol–water partition coefficient (Wildman–Crippen LogP) is 2.79. The Morgan fingerprint density at radius 1 is 1.55 bits per heavy atom. The van der Waals surface area contributed by atoms with Crippen molar-refractivity contribution in [3.63, 3.8) is 0 Å². The van der Waals surface area contributed by atoms with Gasteiger partial charge < -0.3 is 4.79 Å². The van der Waals surface area contributed by atoms with Crippen molar-refractivity contribution in [2.75, 3.05) is 0 Å². The van der Waals surface area contributed by atoms with Gasteiger partial charge in [-0.2, -0.15) is 0 Å². The molecular formula is C10H18O. The molecule has 1 aliphatic rings. The van der Waals surface area contributed by atoms with Crippen LogP contribution in [0, 0.1) is 11.3 Å². The summed E-state index contributed by atoms with van der Waals surface area (Å²) in [6.07, 6.45) is 7.01. The molecule has 11 heavy (non-hydrogen) atoms. The summed E-state index contributed by atoms with van der Waals surface area (Å²) in [5.74, 6) is 0.677. The van der Waals surface area contributed by atoms with Gasteiger partial charge in [-0.25, -0.2) is 0 Å². The first kappa shape index (κ1) is 8.76. The van der Waals surface area contributed by atoms with Crippen LogP contribution in [0.15, 0.2) is 0 Å². The Bertz CT molecular complexity index is 138. The van der Waals surface area contributed by atoms with Crippen molar-refractivity contribution in [3.05, 3.63) is 0 Å². The lowest BCUT2D eigenvalue weighted by Crippen LogP contribution is -2.22. The van der Waals surface area contributed by atoms with Gasteiger partial charge in [-0.05, 0) is 30.6 Å². The molecule has 0 aliphatic heterocycles. The molecule has 1 heteroatoms. The average molecular weight is 154 g/mol. The molecule has 0 radical (unpaired) electrons. The first-order valence-corrected chi connectivity index (χ1v) is 4.58. The van der Waals surface area contributed by atoms with Crippen LogP contribution >= 0.6 is 0 Å². The predicted molar refractivity (Wildman–Crippen MR) is 46.4 cm³/mol. The Morgan fingerprint density at radius 3 is 2.82 bits per heavy atom. The molecule has 0 saturated heterocycles. The molecule has 0 spiro atoms. The zero-order valence-electron chi connectivity index (χ0n) is 7.60. The van der Waals surface area contributed by atoms with E-state index in [1.165, 1.54) is 25.7 Å². The van der Waals surface area contributed by atoms with Crippen LogP contribution in [0.25, 0.3) is 0 Å². The fourth-order valence-corrected chi connectivity index (χ4v) is 2.19. The summed E-state index contributed by atoms with van der Waals surface area (Å²) >= 11 is 0. The molecular weight excluding hydrogens is 136 g/mol. The number of hydrogen-bond acceptors (Lipinski definition) is 1. The molecule has 1 nitrogen and oxygen atoms in total. The number of carbonyl (C=O) groups is 1. The van der Waals surface area contributed by atoms with Crippen molar-refractivity contribution >= 4 is 6.29 Å². The molecule has 1 rings (SSSR count). The molecule has 1 aliphatic carbocycles. The highest BCUT2D eigenvalue weighted by Crippen LogP contribution is 2.39. The summed E-state index contributed by atoms with van der Waals surface area (Å²) in [4.78, 5) is 10.3. The first-order valence-electron chi connectivity index (χ1n) is 4.58. The van der Waals surface area contributed by atoms with Crippen LogP contribution in [0.1, 0.15) is 46.0 Å². The number of rotatable bonds is 2. The van der Waals surface area contributed by atoms with E-state index in [0.717, 1.165) is 12.7 Å². The standard InChI is InChI=1S/C10H18O/c1-10(2)6-3-4-9(8-10)5-7-11/h7,9H,3-6,8H2,1-2H3. The van der Waals surface area contributed by atoms with Crippen LogP contribution in [0.5, 0.6) is 0 Å². The van der Waals surface area contributed by atoms with Crippen molar-refractivity contribution in [3.8, 4) is 0 Å². The Hall–Kier alpha value is -0.330. The topological polar surface area (TPSA) is 17.1 Å². The van der Waals surface area contributed by atoms with Gasteiger partial charge in [0.1, 0.15) is 6.29 Å². The molecule has 1 unspecified atom stereocenters. The second-order valence-corrected chi connectivity index (χ2v) is 4.53. The molecule has 0 heterocycles. The smallest absolute Gasteiger partial charge is 0.120 e. The van der Waals surface area contributed by atoms with E-state index in [-0.39, 0.29) is 0 Å². The van der Waals surface area contributed by atoms with Gasteiger partial charge in [0.15, 0.2) is 0 Å². The highest BCUT2D eigenvalue weighted by molar-refractivity contribution is 5.49. The van der Waals surface area contributed by atoms with Crippen LogP contribution in [0.4, 0.5) is 0 Å². The third kappa shape index (κ3) is 2.64. The Labute approximate surface area is 69.2 Å². The van der Waals surface area contributed by atoms with E-state index >= 15 is 0 Å².